The molecule has 1 fully saturated rings. The highest BCUT2D eigenvalue weighted by Gasteiger charge is 2.33. The SMILES string of the molecule is C=CCN1CC(CCOOC)C(c2ccsc2)C1. The van der Waals surface area contributed by atoms with E-state index in [9.17, 15) is 0 Å². The summed E-state index contributed by atoms with van der Waals surface area (Å²) in [7, 11) is 1.56. The molecule has 1 aromatic heterocycles. The number of hydrogen-bond donors (Lipinski definition) is 0. The molecular weight excluding hydrogens is 246 g/mol. The van der Waals surface area contributed by atoms with Gasteiger partial charge in [-0.1, -0.05) is 6.08 Å². The van der Waals surface area contributed by atoms with E-state index in [1.807, 2.05) is 6.08 Å². The summed E-state index contributed by atoms with van der Waals surface area (Å²) in [5, 5.41) is 4.43. The van der Waals surface area contributed by atoms with Crippen molar-refractivity contribution in [2.24, 2.45) is 5.92 Å². The molecule has 0 aliphatic carbocycles. The Hall–Kier alpha value is -0.680. The van der Waals surface area contributed by atoms with Crippen LogP contribution in [0, 0.1) is 5.92 Å². The molecule has 0 N–H and O–H groups in total. The number of rotatable bonds is 7. The molecule has 2 atom stereocenters. The highest BCUT2D eigenvalue weighted by Crippen LogP contribution is 2.35. The molecule has 0 aromatic carbocycles. The number of nitrogens with zero attached hydrogens (tertiary/aromatic N) is 1. The summed E-state index contributed by atoms with van der Waals surface area (Å²) in [5.41, 5.74) is 1.47. The average Bonchev–Trinajstić information content (AvgIpc) is 2.99. The Morgan fingerprint density at radius 1 is 1.56 bits per heavy atom. The zero-order chi connectivity index (χ0) is 12.8. The first-order valence-corrected chi connectivity index (χ1v) is 7.30. The zero-order valence-electron chi connectivity index (χ0n) is 10.9. The highest BCUT2D eigenvalue weighted by atomic mass is 32.1. The monoisotopic (exact) mass is 267 g/mol. The van der Waals surface area contributed by atoms with Gasteiger partial charge in [0.2, 0.25) is 0 Å². The second-order valence-corrected chi connectivity index (χ2v) is 5.49. The molecule has 2 heterocycles. The van der Waals surface area contributed by atoms with Crippen LogP contribution in [0.5, 0.6) is 0 Å². The lowest BCUT2D eigenvalue weighted by atomic mass is 9.89. The largest absolute Gasteiger partial charge is 0.299 e. The van der Waals surface area contributed by atoms with Gasteiger partial charge in [0.15, 0.2) is 0 Å². The Labute approximate surface area is 113 Å². The predicted octanol–water partition coefficient (Wildman–Crippen LogP) is 2.92. The molecule has 0 bridgehead atoms. The quantitative estimate of drug-likeness (QED) is 0.328. The van der Waals surface area contributed by atoms with Gasteiger partial charge < -0.3 is 0 Å². The van der Waals surface area contributed by atoms with Gasteiger partial charge in [-0.2, -0.15) is 11.3 Å². The molecule has 0 radical (unpaired) electrons. The van der Waals surface area contributed by atoms with Crippen molar-refractivity contribution in [1.82, 2.24) is 4.90 Å². The van der Waals surface area contributed by atoms with E-state index in [1.165, 1.54) is 5.56 Å². The first-order chi connectivity index (χ1) is 8.85. The second-order valence-electron chi connectivity index (χ2n) is 4.71. The van der Waals surface area contributed by atoms with Crippen molar-refractivity contribution in [2.45, 2.75) is 12.3 Å². The fourth-order valence-corrected chi connectivity index (χ4v) is 3.46. The Bertz CT molecular complexity index is 353. The molecular formula is C14H21NO2S. The van der Waals surface area contributed by atoms with Gasteiger partial charge >= 0.3 is 0 Å². The first kappa shape index (κ1) is 13.7. The smallest absolute Gasteiger partial charge is 0.0825 e. The molecule has 1 aliphatic heterocycles. The Balaban J connectivity index is 1.97. The van der Waals surface area contributed by atoms with Gasteiger partial charge in [0.05, 0.1) is 13.7 Å². The van der Waals surface area contributed by atoms with Crippen molar-refractivity contribution >= 4 is 11.3 Å². The van der Waals surface area contributed by atoms with Crippen LogP contribution < -0.4 is 0 Å². The summed E-state index contributed by atoms with van der Waals surface area (Å²) < 4.78 is 0. The summed E-state index contributed by atoms with van der Waals surface area (Å²) in [6.07, 6.45) is 3.03. The Kier molecular flexibility index (Phi) is 5.38. The first-order valence-electron chi connectivity index (χ1n) is 6.36. The van der Waals surface area contributed by atoms with Crippen molar-refractivity contribution in [3.63, 3.8) is 0 Å². The van der Waals surface area contributed by atoms with Crippen molar-refractivity contribution in [1.29, 1.82) is 0 Å². The van der Waals surface area contributed by atoms with E-state index in [0.717, 1.165) is 26.1 Å². The van der Waals surface area contributed by atoms with Crippen molar-refractivity contribution in [3.8, 4) is 0 Å². The van der Waals surface area contributed by atoms with Gasteiger partial charge in [-0.15, -0.1) is 6.58 Å². The van der Waals surface area contributed by atoms with Gasteiger partial charge in [-0.3, -0.25) is 4.90 Å². The van der Waals surface area contributed by atoms with Crippen LogP contribution in [0.2, 0.25) is 0 Å². The molecule has 4 heteroatoms. The zero-order valence-corrected chi connectivity index (χ0v) is 11.7. The van der Waals surface area contributed by atoms with Crippen LogP contribution in [0.1, 0.15) is 17.9 Å². The van der Waals surface area contributed by atoms with Crippen LogP contribution in [0.3, 0.4) is 0 Å². The van der Waals surface area contributed by atoms with E-state index >= 15 is 0 Å². The van der Waals surface area contributed by atoms with E-state index in [-0.39, 0.29) is 0 Å². The maximum Gasteiger partial charge on any atom is 0.0825 e. The maximum atomic E-state index is 5.02. The minimum Gasteiger partial charge on any atom is -0.299 e. The third kappa shape index (κ3) is 3.42. The molecule has 3 nitrogen and oxygen atoms in total. The molecule has 2 rings (SSSR count). The standard InChI is InChI=1S/C14H21NO2S/c1-3-6-15-9-12(4-7-17-16-2)14(10-15)13-5-8-18-11-13/h3,5,8,11-12,14H,1,4,6-7,9-10H2,2H3. The van der Waals surface area contributed by atoms with Gasteiger partial charge in [0, 0.05) is 25.6 Å². The highest BCUT2D eigenvalue weighted by molar-refractivity contribution is 7.07. The Morgan fingerprint density at radius 2 is 2.44 bits per heavy atom. The lowest BCUT2D eigenvalue weighted by Crippen LogP contribution is -2.20. The maximum absolute atomic E-state index is 5.02. The van der Waals surface area contributed by atoms with Gasteiger partial charge in [0.1, 0.15) is 0 Å². The van der Waals surface area contributed by atoms with Crippen molar-refractivity contribution in [3.05, 3.63) is 35.0 Å². The minimum absolute atomic E-state index is 0.622. The molecule has 1 saturated heterocycles. The number of hydrogen-bond acceptors (Lipinski definition) is 4. The van der Waals surface area contributed by atoms with Crippen molar-refractivity contribution < 1.29 is 9.78 Å². The van der Waals surface area contributed by atoms with Crippen LogP contribution in [0.15, 0.2) is 29.5 Å². The number of thiophene rings is 1. The van der Waals surface area contributed by atoms with Crippen molar-refractivity contribution in [2.75, 3.05) is 33.4 Å². The number of likely N-dealkylation sites (tertiary alicyclic amines) is 1. The average molecular weight is 267 g/mol. The van der Waals surface area contributed by atoms with Gasteiger partial charge in [0.25, 0.3) is 0 Å². The molecule has 100 valence electrons. The fourth-order valence-electron chi connectivity index (χ4n) is 2.73. The molecule has 1 aromatic rings. The molecule has 0 amide bonds. The second kappa shape index (κ2) is 7.04. The summed E-state index contributed by atoms with van der Waals surface area (Å²) in [5.74, 6) is 1.27. The fraction of sp³-hybridized carbons (Fsp3) is 0.571. The third-order valence-corrected chi connectivity index (χ3v) is 4.27. The van der Waals surface area contributed by atoms with E-state index in [4.69, 9.17) is 4.89 Å². The molecule has 18 heavy (non-hydrogen) atoms. The molecule has 1 aliphatic rings. The minimum atomic E-state index is 0.622. The summed E-state index contributed by atoms with van der Waals surface area (Å²) in [6.45, 7) is 7.72. The topological polar surface area (TPSA) is 21.7 Å². The van der Waals surface area contributed by atoms with Gasteiger partial charge in [-0.25, -0.2) is 9.78 Å². The van der Waals surface area contributed by atoms with E-state index in [1.54, 1.807) is 18.4 Å². The van der Waals surface area contributed by atoms with Gasteiger partial charge in [-0.05, 0) is 34.7 Å². The summed E-state index contributed by atoms with van der Waals surface area (Å²) in [4.78, 5) is 12.2. The lowest BCUT2D eigenvalue weighted by molar-refractivity contribution is -0.274. The van der Waals surface area contributed by atoms with Crippen LogP contribution >= 0.6 is 11.3 Å². The molecule has 2 unspecified atom stereocenters. The van der Waals surface area contributed by atoms with Crippen LogP contribution in [-0.2, 0) is 9.78 Å². The lowest BCUT2D eigenvalue weighted by Gasteiger charge is -2.16. The van der Waals surface area contributed by atoms with Crippen LogP contribution in [0.25, 0.3) is 0 Å². The third-order valence-electron chi connectivity index (χ3n) is 3.57. The van der Waals surface area contributed by atoms with E-state index < -0.39 is 0 Å². The van der Waals surface area contributed by atoms with E-state index in [0.29, 0.717) is 18.4 Å². The molecule has 0 saturated carbocycles. The molecule has 0 spiro atoms. The van der Waals surface area contributed by atoms with E-state index in [2.05, 4.69) is 33.2 Å². The van der Waals surface area contributed by atoms with Crippen LogP contribution in [-0.4, -0.2) is 38.3 Å². The summed E-state index contributed by atoms with van der Waals surface area (Å²) in [6, 6.07) is 2.25. The predicted molar refractivity (Wildman–Crippen MR) is 74.8 cm³/mol. The normalized spacial score (nSPS) is 24.5. The van der Waals surface area contributed by atoms with Crippen LogP contribution in [0.4, 0.5) is 0 Å². The Morgan fingerprint density at radius 3 is 3.11 bits per heavy atom. The summed E-state index contributed by atoms with van der Waals surface area (Å²) >= 11 is 1.78.